The van der Waals surface area contributed by atoms with E-state index < -0.39 is 4.92 Å². The van der Waals surface area contributed by atoms with E-state index in [0.717, 1.165) is 6.42 Å². The Balaban J connectivity index is 2.43. The first-order chi connectivity index (χ1) is 8.13. The second-order valence-electron chi connectivity index (χ2n) is 3.77. The van der Waals surface area contributed by atoms with Gasteiger partial charge in [-0.15, -0.1) is 0 Å². The van der Waals surface area contributed by atoms with Crippen molar-refractivity contribution in [3.63, 3.8) is 0 Å². The number of hydrogen-bond acceptors (Lipinski definition) is 4. The van der Waals surface area contributed by atoms with E-state index in [9.17, 15) is 19.7 Å². The first-order valence-electron chi connectivity index (χ1n) is 5.17. The molecule has 6 nitrogen and oxygen atoms in total. The fraction of sp³-hybridized carbons (Fsp3) is 0.273. The van der Waals surface area contributed by atoms with Gasteiger partial charge in [0.1, 0.15) is 0 Å². The minimum absolute atomic E-state index is 0.0189. The van der Waals surface area contributed by atoms with Crippen LogP contribution in [-0.4, -0.2) is 23.7 Å². The summed E-state index contributed by atoms with van der Waals surface area (Å²) >= 11 is 0. The van der Waals surface area contributed by atoms with Crippen molar-refractivity contribution in [2.24, 2.45) is 0 Å². The average Bonchev–Trinajstić information content (AvgIpc) is 2.74. The normalized spacial score (nSPS) is 15.1. The molecule has 2 rings (SSSR count). The first-order valence-corrected chi connectivity index (χ1v) is 5.17. The van der Waals surface area contributed by atoms with E-state index in [1.165, 1.54) is 17.0 Å². The lowest BCUT2D eigenvalue weighted by Gasteiger charge is -2.15. The number of benzene rings is 1. The standard InChI is InChI=1S/C11H10N2O4/c14-7-8-3-4-9(6-10(8)13(16)17)12-5-1-2-11(12)15/h3-4,6-7H,1-2,5H2. The number of amides is 1. The Bertz CT molecular complexity index is 498. The molecule has 0 N–H and O–H groups in total. The molecule has 1 amide bonds. The Kier molecular flexibility index (Phi) is 2.86. The van der Waals surface area contributed by atoms with Crippen LogP contribution in [-0.2, 0) is 4.79 Å². The summed E-state index contributed by atoms with van der Waals surface area (Å²) in [5, 5.41) is 10.8. The number of aldehydes is 1. The average molecular weight is 234 g/mol. The van der Waals surface area contributed by atoms with Crippen molar-refractivity contribution in [2.75, 3.05) is 11.4 Å². The number of nitro benzene ring substituents is 1. The van der Waals surface area contributed by atoms with Crippen molar-refractivity contribution in [1.29, 1.82) is 0 Å². The molecule has 0 unspecified atom stereocenters. The maximum Gasteiger partial charge on any atom is 0.281 e. The van der Waals surface area contributed by atoms with Gasteiger partial charge in [0, 0.05) is 19.0 Å². The summed E-state index contributed by atoms with van der Waals surface area (Å²) in [7, 11) is 0. The first kappa shape index (κ1) is 11.3. The van der Waals surface area contributed by atoms with Gasteiger partial charge in [-0.25, -0.2) is 0 Å². The Labute approximate surface area is 97.0 Å². The molecule has 0 atom stereocenters. The number of nitro groups is 1. The van der Waals surface area contributed by atoms with Crippen molar-refractivity contribution >= 4 is 23.6 Å². The van der Waals surface area contributed by atoms with Gasteiger partial charge in [-0.2, -0.15) is 0 Å². The van der Waals surface area contributed by atoms with Gasteiger partial charge in [0.15, 0.2) is 6.29 Å². The van der Waals surface area contributed by atoms with Gasteiger partial charge >= 0.3 is 0 Å². The number of carbonyl (C=O) groups excluding carboxylic acids is 2. The Hall–Kier alpha value is -2.24. The Morgan fingerprint density at radius 2 is 2.18 bits per heavy atom. The molecule has 0 bridgehead atoms. The molecule has 0 spiro atoms. The molecule has 88 valence electrons. The van der Waals surface area contributed by atoms with Crippen LogP contribution in [0.25, 0.3) is 0 Å². The molecule has 6 heteroatoms. The molecule has 17 heavy (non-hydrogen) atoms. The summed E-state index contributed by atoms with van der Waals surface area (Å²) in [4.78, 5) is 33.8. The van der Waals surface area contributed by atoms with Gasteiger partial charge in [-0.05, 0) is 18.6 Å². The van der Waals surface area contributed by atoms with Crippen LogP contribution in [0.4, 0.5) is 11.4 Å². The molecular weight excluding hydrogens is 224 g/mol. The second kappa shape index (κ2) is 4.32. The zero-order valence-corrected chi connectivity index (χ0v) is 8.96. The molecule has 1 saturated heterocycles. The molecule has 1 fully saturated rings. The van der Waals surface area contributed by atoms with Crippen LogP contribution < -0.4 is 4.90 Å². The van der Waals surface area contributed by atoms with Crippen LogP contribution in [0.3, 0.4) is 0 Å². The van der Waals surface area contributed by atoms with E-state index in [4.69, 9.17) is 0 Å². The minimum atomic E-state index is -0.617. The van der Waals surface area contributed by atoms with Gasteiger partial charge in [0.2, 0.25) is 5.91 Å². The van der Waals surface area contributed by atoms with Crippen LogP contribution in [0.2, 0.25) is 0 Å². The van der Waals surface area contributed by atoms with Crippen LogP contribution in [0.1, 0.15) is 23.2 Å². The number of rotatable bonds is 3. The summed E-state index contributed by atoms with van der Waals surface area (Å²) in [5.74, 6) is -0.0434. The number of hydrogen-bond donors (Lipinski definition) is 0. The molecule has 1 aromatic carbocycles. The third-order valence-corrected chi connectivity index (χ3v) is 2.72. The summed E-state index contributed by atoms with van der Waals surface area (Å²) < 4.78 is 0. The highest BCUT2D eigenvalue weighted by atomic mass is 16.6. The van der Waals surface area contributed by atoms with Gasteiger partial charge in [-0.1, -0.05) is 0 Å². The van der Waals surface area contributed by atoms with Crippen molar-refractivity contribution in [1.82, 2.24) is 0 Å². The van der Waals surface area contributed by atoms with E-state index >= 15 is 0 Å². The van der Waals surface area contributed by atoms with Crippen molar-refractivity contribution in [3.8, 4) is 0 Å². The molecule has 1 aliphatic rings. The summed E-state index contributed by atoms with van der Waals surface area (Å²) in [5.41, 5.74) is 0.229. The minimum Gasteiger partial charge on any atom is -0.312 e. The predicted molar refractivity (Wildman–Crippen MR) is 60.1 cm³/mol. The lowest BCUT2D eigenvalue weighted by molar-refractivity contribution is -0.385. The van der Waals surface area contributed by atoms with Crippen molar-refractivity contribution in [2.45, 2.75) is 12.8 Å². The van der Waals surface area contributed by atoms with Gasteiger partial charge in [0.05, 0.1) is 16.2 Å². The van der Waals surface area contributed by atoms with E-state index in [0.29, 0.717) is 24.9 Å². The zero-order valence-electron chi connectivity index (χ0n) is 8.96. The van der Waals surface area contributed by atoms with Crippen LogP contribution in [0.15, 0.2) is 18.2 Å². The monoisotopic (exact) mass is 234 g/mol. The number of anilines is 1. The maximum absolute atomic E-state index is 11.5. The lowest BCUT2D eigenvalue weighted by Crippen LogP contribution is -2.23. The second-order valence-corrected chi connectivity index (χ2v) is 3.77. The Morgan fingerprint density at radius 1 is 1.41 bits per heavy atom. The summed E-state index contributed by atoms with van der Waals surface area (Å²) in [6, 6.07) is 4.19. The largest absolute Gasteiger partial charge is 0.312 e. The lowest BCUT2D eigenvalue weighted by atomic mass is 10.1. The third-order valence-electron chi connectivity index (χ3n) is 2.72. The molecule has 0 saturated carbocycles. The fourth-order valence-electron chi connectivity index (χ4n) is 1.88. The quantitative estimate of drug-likeness (QED) is 0.451. The molecule has 0 aromatic heterocycles. The van der Waals surface area contributed by atoms with Crippen molar-refractivity contribution in [3.05, 3.63) is 33.9 Å². The summed E-state index contributed by atoms with van der Waals surface area (Å²) in [6.07, 6.45) is 1.65. The van der Waals surface area contributed by atoms with E-state index in [-0.39, 0.29) is 17.2 Å². The van der Waals surface area contributed by atoms with E-state index in [1.807, 2.05) is 0 Å². The predicted octanol–water partition coefficient (Wildman–Crippen LogP) is 1.53. The molecular formula is C11H10N2O4. The maximum atomic E-state index is 11.5. The molecule has 0 radical (unpaired) electrons. The van der Waals surface area contributed by atoms with Crippen LogP contribution in [0.5, 0.6) is 0 Å². The molecule has 1 aliphatic heterocycles. The van der Waals surface area contributed by atoms with E-state index in [1.54, 1.807) is 6.07 Å². The highest BCUT2D eigenvalue weighted by Gasteiger charge is 2.24. The highest BCUT2D eigenvalue weighted by Crippen LogP contribution is 2.27. The Morgan fingerprint density at radius 3 is 2.71 bits per heavy atom. The smallest absolute Gasteiger partial charge is 0.281 e. The van der Waals surface area contributed by atoms with Crippen LogP contribution in [0, 0.1) is 10.1 Å². The topological polar surface area (TPSA) is 80.5 Å². The van der Waals surface area contributed by atoms with Crippen LogP contribution >= 0.6 is 0 Å². The van der Waals surface area contributed by atoms with Gasteiger partial charge in [-0.3, -0.25) is 19.7 Å². The highest BCUT2D eigenvalue weighted by molar-refractivity contribution is 5.96. The van der Waals surface area contributed by atoms with Gasteiger partial charge < -0.3 is 4.90 Å². The molecule has 0 aliphatic carbocycles. The zero-order chi connectivity index (χ0) is 12.4. The van der Waals surface area contributed by atoms with Crippen molar-refractivity contribution < 1.29 is 14.5 Å². The molecule has 1 heterocycles. The fourth-order valence-corrected chi connectivity index (χ4v) is 1.88. The number of carbonyl (C=O) groups is 2. The van der Waals surface area contributed by atoms with Gasteiger partial charge in [0.25, 0.3) is 5.69 Å². The number of nitrogens with zero attached hydrogens (tertiary/aromatic N) is 2. The van der Waals surface area contributed by atoms with E-state index in [2.05, 4.69) is 0 Å². The molecule has 1 aromatic rings. The third kappa shape index (κ3) is 2.01. The SMILES string of the molecule is O=Cc1ccc(N2CCCC2=O)cc1[N+](=O)[O-]. The summed E-state index contributed by atoms with van der Waals surface area (Å²) in [6.45, 7) is 0.566.